The SMILES string of the molecule is NC1C2CN(C(=O)Nc3ccc(F)cc3)CC12c1ccccc1. The number of hydrogen-bond acceptors (Lipinski definition) is 2. The van der Waals surface area contributed by atoms with E-state index >= 15 is 0 Å². The van der Waals surface area contributed by atoms with Crippen LogP contribution in [0.2, 0.25) is 0 Å². The number of nitrogens with two attached hydrogens (primary N) is 1. The predicted octanol–water partition coefficient (Wildman–Crippen LogP) is 2.57. The molecule has 0 bridgehead atoms. The molecule has 2 amide bonds. The lowest BCUT2D eigenvalue weighted by atomic mass is 9.94. The average molecular weight is 311 g/mol. The molecule has 0 spiro atoms. The maximum Gasteiger partial charge on any atom is 0.321 e. The fraction of sp³-hybridized carbons (Fsp3) is 0.278. The van der Waals surface area contributed by atoms with Gasteiger partial charge in [0, 0.05) is 36.2 Å². The maximum absolute atomic E-state index is 12.9. The van der Waals surface area contributed by atoms with Gasteiger partial charge in [-0.1, -0.05) is 30.3 Å². The fourth-order valence-electron chi connectivity index (χ4n) is 3.80. The molecule has 2 aromatic rings. The summed E-state index contributed by atoms with van der Waals surface area (Å²) in [6.45, 7) is 1.28. The smallest absolute Gasteiger partial charge is 0.321 e. The molecular weight excluding hydrogens is 293 g/mol. The van der Waals surface area contributed by atoms with Crippen LogP contribution in [0, 0.1) is 11.7 Å². The number of anilines is 1. The van der Waals surface area contributed by atoms with Gasteiger partial charge in [0.05, 0.1) is 0 Å². The number of amides is 2. The standard InChI is InChI=1S/C18H18FN3O/c19-13-6-8-14(9-7-13)21-17(23)22-10-15-16(20)18(15,11-22)12-4-2-1-3-5-12/h1-9,15-16H,10-11,20H2,(H,21,23). The lowest BCUT2D eigenvalue weighted by Gasteiger charge is -2.23. The molecule has 0 radical (unpaired) electrons. The van der Waals surface area contributed by atoms with Gasteiger partial charge in [0.15, 0.2) is 0 Å². The summed E-state index contributed by atoms with van der Waals surface area (Å²) in [5.41, 5.74) is 7.96. The van der Waals surface area contributed by atoms with E-state index in [1.54, 1.807) is 17.0 Å². The van der Waals surface area contributed by atoms with Crippen molar-refractivity contribution in [2.24, 2.45) is 11.7 Å². The number of likely N-dealkylation sites (tertiary alicyclic amines) is 1. The van der Waals surface area contributed by atoms with Gasteiger partial charge in [-0.3, -0.25) is 0 Å². The molecule has 3 N–H and O–H groups in total. The van der Waals surface area contributed by atoms with Crippen molar-refractivity contribution < 1.29 is 9.18 Å². The van der Waals surface area contributed by atoms with E-state index < -0.39 is 0 Å². The predicted molar refractivity (Wildman–Crippen MR) is 86.6 cm³/mol. The molecule has 23 heavy (non-hydrogen) atoms. The van der Waals surface area contributed by atoms with Gasteiger partial charge < -0.3 is 16.0 Å². The second-order valence-electron chi connectivity index (χ2n) is 6.36. The number of halogens is 1. The molecule has 2 fully saturated rings. The first kappa shape index (κ1) is 14.2. The Kier molecular flexibility index (Phi) is 3.13. The van der Waals surface area contributed by atoms with Crippen molar-refractivity contribution in [2.45, 2.75) is 11.5 Å². The van der Waals surface area contributed by atoms with Crippen LogP contribution in [0.5, 0.6) is 0 Å². The van der Waals surface area contributed by atoms with Crippen molar-refractivity contribution in [2.75, 3.05) is 18.4 Å². The summed E-state index contributed by atoms with van der Waals surface area (Å²) in [5.74, 6) is -0.0108. The first-order chi connectivity index (χ1) is 11.1. The molecule has 1 heterocycles. The Hall–Kier alpha value is -2.40. The molecule has 1 aliphatic heterocycles. The van der Waals surface area contributed by atoms with E-state index in [1.165, 1.54) is 17.7 Å². The monoisotopic (exact) mass is 311 g/mol. The Morgan fingerprint density at radius 3 is 2.57 bits per heavy atom. The Labute approximate surface area is 134 Å². The molecule has 4 rings (SSSR count). The number of carbonyl (C=O) groups is 1. The number of carbonyl (C=O) groups excluding carboxylic acids is 1. The Bertz CT molecular complexity index is 734. The van der Waals surface area contributed by atoms with Crippen molar-refractivity contribution >= 4 is 11.7 Å². The zero-order valence-corrected chi connectivity index (χ0v) is 12.6. The van der Waals surface area contributed by atoms with E-state index in [-0.39, 0.29) is 23.3 Å². The third kappa shape index (κ3) is 2.19. The van der Waals surface area contributed by atoms with E-state index in [0.29, 0.717) is 24.7 Å². The summed E-state index contributed by atoms with van der Waals surface area (Å²) in [6, 6.07) is 15.9. The van der Waals surface area contributed by atoms with Crippen LogP contribution in [0.15, 0.2) is 54.6 Å². The number of hydrogen-bond donors (Lipinski definition) is 2. The van der Waals surface area contributed by atoms with E-state index in [9.17, 15) is 9.18 Å². The number of piperidine rings is 1. The number of rotatable bonds is 2. The van der Waals surface area contributed by atoms with Crippen LogP contribution in [-0.4, -0.2) is 30.1 Å². The molecule has 118 valence electrons. The maximum atomic E-state index is 12.9. The van der Waals surface area contributed by atoms with Crippen LogP contribution in [-0.2, 0) is 5.41 Å². The first-order valence-corrected chi connectivity index (χ1v) is 7.74. The summed E-state index contributed by atoms with van der Waals surface area (Å²) < 4.78 is 12.9. The summed E-state index contributed by atoms with van der Waals surface area (Å²) in [7, 11) is 0. The van der Waals surface area contributed by atoms with E-state index in [4.69, 9.17) is 5.73 Å². The van der Waals surface area contributed by atoms with Crippen LogP contribution in [0.25, 0.3) is 0 Å². The molecule has 3 atom stereocenters. The third-order valence-electron chi connectivity index (χ3n) is 5.14. The van der Waals surface area contributed by atoms with Crippen molar-refractivity contribution in [3.05, 3.63) is 66.0 Å². The Morgan fingerprint density at radius 2 is 1.87 bits per heavy atom. The van der Waals surface area contributed by atoms with Crippen molar-refractivity contribution in [3.8, 4) is 0 Å². The van der Waals surface area contributed by atoms with Crippen molar-refractivity contribution in [1.29, 1.82) is 0 Å². The van der Waals surface area contributed by atoms with Gasteiger partial charge in [-0.2, -0.15) is 0 Å². The third-order valence-corrected chi connectivity index (χ3v) is 5.14. The van der Waals surface area contributed by atoms with Crippen LogP contribution in [0.4, 0.5) is 14.9 Å². The number of benzene rings is 2. The number of urea groups is 1. The zero-order chi connectivity index (χ0) is 16.0. The van der Waals surface area contributed by atoms with Crippen molar-refractivity contribution in [3.63, 3.8) is 0 Å². The minimum absolute atomic E-state index is 0.110. The van der Waals surface area contributed by atoms with Crippen LogP contribution < -0.4 is 11.1 Å². The van der Waals surface area contributed by atoms with Gasteiger partial charge in [-0.15, -0.1) is 0 Å². The summed E-state index contributed by atoms with van der Waals surface area (Å²) in [4.78, 5) is 14.2. The summed E-state index contributed by atoms with van der Waals surface area (Å²) in [6.07, 6.45) is 0. The molecule has 1 saturated heterocycles. The fourth-order valence-corrected chi connectivity index (χ4v) is 3.80. The normalized spacial score (nSPS) is 28.3. The highest BCUT2D eigenvalue weighted by Crippen LogP contribution is 2.57. The van der Waals surface area contributed by atoms with Gasteiger partial charge in [0.2, 0.25) is 0 Å². The highest BCUT2D eigenvalue weighted by Gasteiger charge is 2.68. The highest BCUT2D eigenvalue weighted by molar-refractivity contribution is 5.90. The number of nitrogens with zero attached hydrogens (tertiary/aromatic N) is 1. The molecule has 1 saturated carbocycles. The Morgan fingerprint density at radius 1 is 1.17 bits per heavy atom. The molecular formula is C18H18FN3O. The van der Waals surface area contributed by atoms with E-state index in [2.05, 4.69) is 17.4 Å². The molecule has 2 aliphatic rings. The molecule has 5 heteroatoms. The van der Waals surface area contributed by atoms with Crippen LogP contribution >= 0.6 is 0 Å². The molecule has 3 unspecified atom stereocenters. The summed E-state index contributed by atoms with van der Waals surface area (Å²) in [5, 5.41) is 2.82. The minimum Gasteiger partial charge on any atom is -0.326 e. The minimum atomic E-state index is -0.320. The van der Waals surface area contributed by atoms with E-state index in [1.807, 2.05) is 18.2 Å². The van der Waals surface area contributed by atoms with Crippen LogP contribution in [0.3, 0.4) is 0 Å². The molecule has 1 aliphatic carbocycles. The Balaban J connectivity index is 1.48. The van der Waals surface area contributed by atoms with E-state index in [0.717, 1.165) is 0 Å². The van der Waals surface area contributed by atoms with Crippen LogP contribution in [0.1, 0.15) is 5.56 Å². The zero-order valence-electron chi connectivity index (χ0n) is 12.6. The van der Waals surface area contributed by atoms with Gasteiger partial charge >= 0.3 is 6.03 Å². The lowest BCUT2D eigenvalue weighted by Crippen LogP contribution is -2.40. The number of fused-ring (bicyclic) bond motifs is 1. The van der Waals surface area contributed by atoms with Gasteiger partial charge in [-0.05, 0) is 29.8 Å². The second kappa shape index (κ2) is 5.06. The topological polar surface area (TPSA) is 58.4 Å². The van der Waals surface area contributed by atoms with Gasteiger partial charge in [0.1, 0.15) is 5.82 Å². The van der Waals surface area contributed by atoms with Crippen molar-refractivity contribution in [1.82, 2.24) is 4.90 Å². The lowest BCUT2D eigenvalue weighted by molar-refractivity contribution is 0.215. The second-order valence-corrected chi connectivity index (χ2v) is 6.36. The quantitative estimate of drug-likeness (QED) is 0.895. The number of nitrogens with one attached hydrogen (secondary N) is 1. The first-order valence-electron chi connectivity index (χ1n) is 7.74. The average Bonchev–Trinajstić information content (AvgIpc) is 2.96. The molecule has 4 nitrogen and oxygen atoms in total. The largest absolute Gasteiger partial charge is 0.326 e. The molecule has 0 aromatic heterocycles. The van der Waals surface area contributed by atoms with Gasteiger partial charge in [-0.25, -0.2) is 9.18 Å². The molecule has 2 aromatic carbocycles. The highest BCUT2D eigenvalue weighted by atomic mass is 19.1. The summed E-state index contributed by atoms with van der Waals surface area (Å²) >= 11 is 0. The van der Waals surface area contributed by atoms with Gasteiger partial charge in [0.25, 0.3) is 0 Å².